The van der Waals surface area contributed by atoms with Crippen molar-refractivity contribution >= 4 is 10.0 Å². The van der Waals surface area contributed by atoms with E-state index in [4.69, 9.17) is 0 Å². The molecule has 0 aliphatic heterocycles. The van der Waals surface area contributed by atoms with E-state index in [1.54, 1.807) is 37.4 Å². The number of hydrogen-bond donors (Lipinski definition) is 1. The fourth-order valence-corrected chi connectivity index (χ4v) is 3.04. The molecule has 0 amide bonds. The molecule has 0 radical (unpaired) electrons. The molecule has 0 saturated carbocycles. The number of hydrogen-bond acceptors (Lipinski definition) is 6. The zero-order chi connectivity index (χ0) is 16.4. The molecule has 3 aromatic heterocycles. The van der Waals surface area contributed by atoms with Crippen LogP contribution in [0.5, 0.6) is 0 Å². The third-order valence-corrected chi connectivity index (χ3v) is 4.53. The van der Waals surface area contributed by atoms with Gasteiger partial charge in [-0.05, 0) is 0 Å². The standard InChI is InChI=1S/C13H15N7O2S/c1-19-8-10(5-16-19)13-12(14-3-4-15-13)7-18-23(21,22)11-6-17-20(2)9-11/h3-6,8-9,18H,7H2,1-2H3. The monoisotopic (exact) mass is 333 g/mol. The van der Waals surface area contributed by atoms with Crippen LogP contribution in [0.2, 0.25) is 0 Å². The molecule has 10 heteroatoms. The van der Waals surface area contributed by atoms with Crippen LogP contribution in [0.25, 0.3) is 11.3 Å². The molecule has 23 heavy (non-hydrogen) atoms. The first-order valence-corrected chi connectivity index (χ1v) is 8.21. The molecule has 0 unspecified atom stereocenters. The van der Waals surface area contributed by atoms with Crippen molar-refractivity contribution in [1.82, 2.24) is 34.3 Å². The predicted octanol–water partition coefficient (Wildman–Crippen LogP) is 0.0891. The van der Waals surface area contributed by atoms with E-state index in [1.807, 2.05) is 0 Å². The Hall–Kier alpha value is -2.59. The molecule has 0 atom stereocenters. The SMILES string of the molecule is Cn1cc(-c2nccnc2CNS(=O)(=O)c2cnn(C)c2)cn1. The summed E-state index contributed by atoms with van der Waals surface area (Å²) in [6.45, 7) is 0.0231. The van der Waals surface area contributed by atoms with Crippen molar-refractivity contribution in [3.8, 4) is 11.3 Å². The molecule has 1 N–H and O–H groups in total. The van der Waals surface area contributed by atoms with Gasteiger partial charge in [0.05, 0.1) is 30.3 Å². The second kappa shape index (κ2) is 5.89. The smallest absolute Gasteiger partial charge is 0.244 e. The zero-order valence-electron chi connectivity index (χ0n) is 12.6. The summed E-state index contributed by atoms with van der Waals surface area (Å²) in [5, 5.41) is 7.96. The predicted molar refractivity (Wildman–Crippen MR) is 81.5 cm³/mol. The molecule has 0 bridgehead atoms. The van der Waals surface area contributed by atoms with E-state index in [9.17, 15) is 8.42 Å². The molecule has 0 spiro atoms. The maximum absolute atomic E-state index is 12.2. The summed E-state index contributed by atoms with van der Waals surface area (Å²) >= 11 is 0. The minimum atomic E-state index is -3.65. The quantitative estimate of drug-likeness (QED) is 0.709. The molecule has 0 aromatic carbocycles. The molecule has 0 aliphatic rings. The summed E-state index contributed by atoms with van der Waals surface area (Å²) in [4.78, 5) is 8.60. The lowest BCUT2D eigenvalue weighted by Gasteiger charge is -2.07. The highest BCUT2D eigenvalue weighted by atomic mass is 32.2. The van der Waals surface area contributed by atoms with E-state index >= 15 is 0 Å². The minimum absolute atomic E-state index is 0.0231. The van der Waals surface area contributed by atoms with Gasteiger partial charge in [0, 0.05) is 44.4 Å². The molecule has 0 aliphatic carbocycles. The molecule has 3 rings (SSSR count). The Balaban J connectivity index is 1.84. The van der Waals surface area contributed by atoms with Crippen molar-refractivity contribution < 1.29 is 8.42 Å². The van der Waals surface area contributed by atoms with Crippen LogP contribution < -0.4 is 4.72 Å². The molecular formula is C13H15N7O2S. The Morgan fingerprint density at radius 1 is 1.04 bits per heavy atom. The number of aryl methyl sites for hydroxylation is 2. The highest BCUT2D eigenvalue weighted by Gasteiger charge is 2.18. The van der Waals surface area contributed by atoms with Crippen LogP contribution >= 0.6 is 0 Å². The average molecular weight is 333 g/mol. The van der Waals surface area contributed by atoms with Gasteiger partial charge < -0.3 is 0 Å². The highest BCUT2D eigenvalue weighted by molar-refractivity contribution is 7.89. The second-order valence-corrected chi connectivity index (χ2v) is 6.70. The number of aromatic nitrogens is 6. The highest BCUT2D eigenvalue weighted by Crippen LogP contribution is 2.19. The topological polar surface area (TPSA) is 108 Å². The summed E-state index contributed by atoms with van der Waals surface area (Å²) < 4.78 is 30.1. The Morgan fingerprint density at radius 3 is 2.39 bits per heavy atom. The third-order valence-electron chi connectivity index (χ3n) is 3.17. The van der Waals surface area contributed by atoms with Gasteiger partial charge in [0.15, 0.2) is 0 Å². The Labute approximate surface area is 133 Å². The van der Waals surface area contributed by atoms with Crippen molar-refractivity contribution in [3.05, 3.63) is 42.9 Å². The first-order valence-electron chi connectivity index (χ1n) is 6.73. The number of rotatable bonds is 5. The lowest BCUT2D eigenvalue weighted by Crippen LogP contribution is -2.24. The van der Waals surface area contributed by atoms with Crippen molar-refractivity contribution in [2.75, 3.05) is 0 Å². The van der Waals surface area contributed by atoms with Crippen molar-refractivity contribution in [1.29, 1.82) is 0 Å². The van der Waals surface area contributed by atoms with Gasteiger partial charge in [0.25, 0.3) is 0 Å². The van der Waals surface area contributed by atoms with Crippen LogP contribution in [-0.2, 0) is 30.7 Å². The summed E-state index contributed by atoms with van der Waals surface area (Å²) in [6, 6.07) is 0. The summed E-state index contributed by atoms with van der Waals surface area (Å²) in [5.41, 5.74) is 1.89. The summed E-state index contributed by atoms with van der Waals surface area (Å²) in [6.07, 6.45) is 9.25. The number of nitrogens with one attached hydrogen (secondary N) is 1. The lowest BCUT2D eigenvalue weighted by molar-refractivity contribution is 0.580. The van der Waals surface area contributed by atoms with Crippen LogP contribution in [0, 0.1) is 0 Å². The van der Waals surface area contributed by atoms with Crippen LogP contribution in [0.1, 0.15) is 5.69 Å². The van der Waals surface area contributed by atoms with E-state index in [1.165, 1.54) is 23.3 Å². The lowest BCUT2D eigenvalue weighted by atomic mass is 10.2. The van der Waals surface area contributed by atoms with E-state index < -0.39 is 10.0 Å². The van der Waals surface area contributed by atoms with Crippen molar-refractivity contribution in [2.24, 2.45) is 14.1 Å². The van der Waals surface area contributed by atoms with E-state index in [-0.39, 0.29) is 11.4 Å². The van der Waals surface area contributed by atoms with Crippen LogP contribution in [-0.4, -0.2) is 37.9 Å². The van der Waals surface area contributed by atoms with Gasteiger partial charge in [-0.25, -0.2) is 13.1 Å². The molecule has 9 nitrogen and oxygen atoms in total. The first kappa shape index (κ1) is 15.3. The van der Waals surface area contributed by atoms with E-state index in [0.29, 0.717) is 11.4 Å². The van der Waals surface area contributed by atoms with Crippen LogP contribution in [0.15, 0.2) is 42.1 Å². The third kappa shape index (κ3) is 3.27. The molecular weight excluding hydrogens is 318 g/mol. The number of nitrogens with zero attached hydrogens (tertiary/aromatic N) is 6. The molecule has 3 heterocycles. The summed E-state index contributed by atoms with van der Waals surface area (Å²) in [5.74, 6) is 0. The largest absolute Gasteiger partial charge is 0.275 e. The van der Waals surface area contributed by atoms with Gasteiger partial charge in [0.2, 0.25) is 10.0 Å². The van der Waals surface area contributed by atoms with Crippen molar-refractivity contribution in [2.45, 2.75) is 11.4 Å². The van der Waals surface area contributed by atoms with Crippen LogP contribution in [0.4, 0.5) is 0 Å². The second-order valence-electron chi connectivity index (χ2n) is 4.93. The first-order chi connectivity index (χ1) is 11.0. The maximum atomic E-state index is 12.2. The Kier molecular flexibility index (Phi) is 3.92. The van der Waals surface area contributed by atoms with Gasteiger partial charge in [-0.1, -0.05) is 0 Å². The van der Waals surface area contributed by atoms with Crippen LogP contribution in [0.3, 0.4) is 0 Å². The van der Waals surface area contributed by atoms with Gasteiger partial charge >= 0.3 is 0 Å². The molecule has 0 saturated heterocycles. The van der Waals surface area contributed by atoms with E-state index in [2.05, 4.69) is 24.9 Å². The van der Waals surface area contributed by atoms with Crippen molar-refractivity contribution in [3.63, 3.8) is 0 Å². The summed E-state index contributed by atoms with van der Waals surface area (Å²) in [7, 11) is -0.202. The fourth-order valence-electron chi connectivity index (χ4n) is 2.07. The van der Waals surface area contributed by atoms with Gasteiger partial charge in [0.1, 0.15) is 4.90 Å². The number of sulfonamides is 1. The average Bonchev–Trinajstić information content (AvgIpc) is 3.15. The fraction of sp³-hybridized carbons (Fsp3) is 0.231. The molecule has 3 aromatic rings. The Bertz CT molecular complexity index is 929. The van der Waals surface area contributed by atoms with Gasteiger partial charge in [-0.3, -0.25) is 19.3 Å². The van der Waals surface area contributed by atoms with Gasteiger partial charge in [-0.15, -0.1) is 0 Å². The molecule has 0 fully saturated rings. The normalized spacial score (nSPS) is 11.7. The van der Waals surface area contributed by atoms with Gasteiger partial charge in [-0.2, -0.15) is 10.2 Å². The Morgan fingerprint density at radius 2 is 1.74 bits per heavy atom. The zero-order valence-corrected chi connectivity index (χ0v) is 13.4. The maximum Gasteiger partial charge on any atom is 0.244 e. The van der Waals surface area contributed by atoms with E-state index in [0.717, 1.165) is 5.56 Å². The minimum Gasteiger partial charge on any atom is -0.275 e. The molecule has 120 valence electrons.